The normalized spacial score (nSPS) is 17.5. The molecular weight excluding hydrogens is 386 g/mol. The minimum absolute atomic E-state index is 0.393. The molecule has 0 bridgehead atoms. The van der Waals surface area contributed by atoms with E-state index in [0.29, 0.717) is 5.92 Å². The molecule has 29 heavy (non-hydrogen) atoms. The molecule has 6 rings (SSSR count). The molecule has 0 unspecified atom stereocenters. The summed E-state index contributed by atoms with van der Waals surface area (Å²) in [6.07, 6.45) is 3.79. The van der Waals surface area contributed by atoms with Crippen molar-refractivity contribution < 1.29 is 0 Å². The average Bonchev–Trinajstić information content (AvgIpc) is 3.18. The summed E-state index contributed by atoms with van der Waals surface area (Å²) in [7, 11) is 2.08. The van der Waals surface area contributed by atoms with Crippen molar-refractivity contribution in [2.45, 2.75) is 18.8 Å². The lowest BCUT2D eigenvalue weighted by atomic mass is 9.97. The van der Waals surface area contributed by atoms with Crippen molar-refractivity contribution in [3.63, 3.8) is 0 Å². The van der Waals surface area contributed by atoms with Gasteiger partial charge in [-0.1, -0.05) is 11.6 Å². The summed E-state index contributed by atoms with van der Waals surface area (Å²) in [6, 6.07) is 7.89. The van der Waals surface area contributed by atoms with Crippen LogP contribution in [0.3, 0.4) is 0 Å². The summed E-state index contributed by atoms with van der Waals surface area (Å²) in [5.74, 6) is 2.72. The van der Waals surface area contributed by atoms with Crippen LogP contribution in [-0.4, -0.2) is 50.3 Å². The quantitative estimate of drug-likeness (QED) is 0.553. The molecule has 148 valence electrons. The maximum atomic E-state index is 6.19. The van der Waals surface area contributed by atoms with E-state index < -0.39 is 0 Å². The Bertz CT molecular complexity index is 1240. The lowest BCUT2D eigenvalue weighted by Gasteiger charge is -2.41. The maximum Gasteiger partial charge on any atom is 0.157 e. The summed E-state index contributed by atoms with van der Waals surface area (Å²) in [5, 5.41) is 8.82. The molecular formula is C21H22ClN7. The second-order valence-electron chi connectivity index (χ2n) is 7.98. The van der Waals surface area contributed by atoms with E-state index in [0.717, 1.165) is 66.5 Å². The number of nitrogens with one attached hydrogen (secondary N) is 1. The Balaban J connectivity index is 1.37. The Hall–Kier alpha value is -2.64. The number of nitrogens with zero attached hydrogens (tertiary/aromatic N) is 6. The van der Waals surface area contributed by atoms with Crippen LogP contribution in [0.25, 0.3) is 16.7 Å². The number of aryl methyl sites for hydroxylation is 1. The van der Waals surface area contributed by atoms with Gasteiger partial charge in [0.05, 0.1) is 28.8 Å². The molecule has 0 radical (unpaired) electrons. The van der Waals surface area contributed by atoms with E-state index in [9.17, 15) is 0 Å². The molecule has 5 heterocycles. The zero-order valence-corrected chi connectivity index (χ0v) is 17.0. The van der Waals surface area contributed by atoms with Gasteiger partial charge in [0, 0.05) is 49.8 Å². The van der Waals surface area contributed by atoms with E-state index in [2.05, 4.69) is 26.9 Å². The summed E-state index contributed by atoms with van der Waals surface area (Å²) < 4.78 is 4.19. The smallest absolute Gasteiger partial charge is 0.157 e. The van der Waals surface area contributed by atoms with Crippen molar-refractivity contribution in [1.82, 2.24) is 29.5 Å². The summed E-state index contributed by atoms with van der Waals surface area (Å²) in [4.78, 5) is 12.2. The molecule has 2 aliphatic heterocycles. The van der Waals surface area contributed by atoms with Crippen LogP contribution in [0, 0.1) is 0 Å². The minimum atomic E-state index is 0.393. The Morgan fingerprint density at radius 2 is 1.97 bits per heavy atom. The van der Waals surface area contributed by atoms with Gasteiger partial charge in [0.25, 0.3) is 0 Å². The first-order chi connectivity index (χ1) is 14.2. The van der Waals surface area contributed by atoms with Crippen LogP contribution >= 0.6 is 11.6 Å². The third kappa shape index (κ3) is 2.64. The number of rotatable bonds is 2. The van der Waals surface area contributed by atoms with Crippen molar-refractivity contribution in [2.75, 3.05) is 31.1 Å². The zero-order valence-electron chi connectivity index (χ0n) is 16.3. The van der Waals surface area contributed by atoms with Gasteiger partial charge in [0.2, 0.25) is 0 Å². The fraction of sp³-hybridized carbons (Fsp3) is 0.381. The molecule has 0 saturated carbocycles. The molecule has 4 aromatic rings. The van der Waals surface area contributed by atoms with E-state index in [1.807, 2.05) is 35.0 Å². The van der Waals surface area contributed by atoms with E-state index in [1.54, 1.807) is 0 Å². The van der Waals surface area contributed by atoms with Gasteiger partial charge in [-0.15, -0.1) is 0 Å². The van der Waals surface area contributed by atoms with Gasteiger partial charge in [0.15, 0.2) is 5.65 Å². The van der Waals surface area contributed by atoms with Crippen molar-refractivity contribution >= 4 is 34.1 Å². The topological polar surface area (TPSA) is 63.3 Å². The fourth-order valence-corrected chi connectivity index (χ4v) is 4.87. The first-order valence-corrected chi connectivity index (χ1v) is 10.5. The molecule has 1 saturated heterocycles. The molecule has 0 aliphatic carbocycles. The summed E-state index contributed by atoms with van der Waals surface area (Å²) >= 11 is 6.19. The van der Waals surface area contributed by atoms with E-state index >= 15 is 0 Å². The number of aromatic nitrogens is 5. The molecule has 1 N–H and O–H groups in total. The largest absolute Gasteiger partial charge is 0.355 e. The van der Waals surface area contributed by atoms with Crippen LogP contribution in [0.15, 0.2) is 30.5 Å². The first-order valence-electron chi connectivity index (χ1n) is 10.1. The average molecular weight is 408 g/mol. The highest BCUT2D eigenvalue weighted by Gasteiger charge is 2.35. The van der Waals surface area contributed by atoms with Crippen LogP contribution in [0.2, 0.25) is 5.02 Å². The van der Waals surface area contributed by atoms with Gasteiger partial charge >= 0.3 is 0 Å². The highest BCUT2D eigenvalue weighted by molar-refractivity contribution is 6.31. The number of anilines is 1. The maximum absolute atomic E-state index is 6.19. The predicted octanol–water partition coefficient (Wildman–Crippen LogP) is 2.56. The molecule has 1 fully saturated rings. The standard InChI is InChI=1S/C21H22ClN7/c1-27-18-10-14(22)2-3-17(18)26-20(27)13-11-28(12-13)21-15-4-7-23-8-5-16(15)25-19-6-9-24-29(19)21/h2-3,6,9-10,13,23H,4-5,7-8,11-12H2,1H3. The monoisotopic (exact) mass is 407 g/mol. The first kappa shape index (κ1) is 17.2. The molecule has 3 aromatic heterocycles. The van der Waals surface area contributed by atoms with Crippen LogP contribution in [0.4, 0.5) is 5.82 Å². The molecule has 0 atom stereocenters. The molecule has 0 spiro atoms. The van der Waals surface area contributed by atoms with E-state index in [-0.39, 0.29) is 0 Å². The summed E-state index contributed by atoms with van der Waals surface area (Å²) in [5.41, 5.74) is 5.56. The lowest BCUT2D eigenvalue weighted by Crippen LogP contribution is -2.47. The van der Waals surface area contributed by atoms with Crippen molar-refractivity contribution in [3.8, 4) is 0 Å². The molecule has 2 aliphatic rings. The lowest BCUT2D eigenvalue weighted by molar-refractivity contribution is 0.480. The van der Waals surface area contributed by atoms with Gasteiger partial charge in [-0.05, 0) is 31.2 Å². The van der Waals surface area contributed by atoms with Crippen molar-refractivity contribution in [2.24, 2.45) is 7.05 Å². The number of hydrogen-bond donors (Lipinski definition) is 1. The second-order valence-corrected chi connectivity index (χ2v) is 8.41. The van der Waals surface area contributed by atoms with Crippen LogP contribution < -0.4 is 10.2 Å². The number of benzene rings is 1. The van der Waals surface area contributed by atoms with Crippen molar-refractivity contribution in [3.05, 3.63) is 52.6 Å². The Labute approximate surface area is 173 Å². The zero-order chi connectivity index (χ0) is 19.5. The number of hydrogen-bond acceptors (Lipinski definition) is 5. The van der Waals surface area contributed by atoms with Crippen LogP contribution in [-0.2, 0) is 19.9 Å². The molecule has 7 nitrogen and oxygen atoms in total. The van der Waals surface area contributed by atoms with Crippen LogP contribution in [0.1, 0.15) is 23.0 Å². The van der Waals surface area contributed by atoms with Gasteiger partial charge in [-0.3, -0.25) is 0 Å². The number of imidazole rings is 1. The molecule has 0 amide bonds. The SMILES string of the molecule is Cn1c(C2CN(c3c4c(nc5ccnn35)CCNCC4)C2)nc2ccc(Cl)cc21. The van der Waals surface area contributed by atoms with E-state index in [4.69, 9.17) is 21.6 Å². The Kier molecular flexibility index (Phi) is 3.82. The third-order valence-corrected chi connectivity index (χ3v) is 6.44. The fourth-order valence-electron chi connectivity index (χ4n) is 4.70. The minimum Gasteiger partial charge on any atom is -0.355 e. The van der Waals surface area contributed by atoms with Gasteiger partial charge < -0.3 is 14.8 Å². The number of fused-ring (bicyclic) bond motifs is 3. The van der Waals surface area contributed by atoms with Gasteiger partial charge in [-0.2, -0.15) is 9.61 Å². The second kappa shape index (κ2) is 6.43. The third-order valence-electron chi connectivity index (χ3n) is 6.21. The Morgan fingerprint density at radius 1 is 1.10 bits per heavy atom. The van der Waals surface area contributed by atoms with Gasteiger partial charge in [-0.25, -0.2) is 9.97 Å². The van der Waals surface area contributed by atoms with Crippen molar-refractivity contribution in [1.29, 1.82) is 0 Å². The van der Waals surface area contributed by atoms with Gasteiger partial charge in [0.1, 0.15) is 11.6 Å². The number of halogens is 1. The predicted molar refractivity (Wildman–Crippen MR) is 114 cm³/mol. The molecule has 8 heteroatoms. The highest BCUT2D eigenvalue weighted by Crippen LogP contribution is 2.36. The summed E-state index contributed by atoms with van der Waals surface area (Å²) in [6.45, 7) is 3.83. The highest BCUT2D eigenvalue weighted by atomic mass is 35.5. The van der Waals surface area contributed by atoms with E-state index in [1.165, 1.54) is 17.1 Å². The molecule has 1 aromatic carbocycles. The Morgan fingerprint density at radius 3 is 2.86 bits per heavy atom. The van der Waals surface area contributed by atoms with Crippen LogP contribution in [0.5, 0.6) is 0 Å².